The van der Waals surface area contributed by atoms with Crippen molar-refractivity contribution in [2.24, 2.45) is 0 Å². The Labute approximate surface area is 126 Å². The smallest absolute Gasteiger partial charge is 0.204 e. The maximum atomic E-state index is 14.4. The van der Waals surface area contributed by atoms with Crippen molar-refractivity contribution in [2.75, 3.05) is 0 Å². The van der Waals surface area contributed by atoms with Crippen LogP contribution >= 0.6 is 0 Å². The molecule has 10 heteroatoms. The summed E-state index contributed by atoms with van der Waals surface area (Å²) in [5, 5.41) is 12.1. The molecule has 3 rings (SSSR count). The van der Waals surface area contributed by atoms with Gasteiger partial charge in [0, 0.05) is 0 Å². The summed E-state index contributed by atoms with van der Waals surface area (Å²) in [5.41, 5.74) is 0. The van der Waals surface area contributed by atoms with Crippen molar-refractivity contribution < 1.29 is 45.3 Å². The van der Waals surface area contributed by atoms with Crippen LogP contribution in [0.3, 0.4) is 0 Å². The fourth-order valence-electron chi connectivity index (χ4n) is 2.39. The molecule has 3 aromatic carbocycles. The van der Waals surface area contributed by atoms with Gasteiger partial charge in [-0.25, -0.2) is 26.3 Å². The molecule has 3 aromatic rings. The van der Waals surface area contributed by atoms with E-state index in [1.54, 1.807) is 0 Å². The molecular weight excluding hydrogens is 352 g/mol. The molecule has 2 nitrogen and oxygen atoms in total. The number of phenols is 2. The van der Waals surface area contributed by atoms with Crippen LogP contribution in [-0.2, 0) is 0 Å². The number of fused-ring (bicyclic) bond motifs is 2. The van der Waals surface area contributed by atoms with Crippen molar-refractivity contribution in [2.45, 2.75) is 0 Å². The number of aromatic hydroxyl groups is 2. The van der Waals surface area contributed by atoms with Crippen molar-refractivity contribution in [3.05, 3.63) is 46.5 Å². The van der Waals surface area contributed by atoms with Gasteiger partial charge in [-0.05, 0) is 0 Å². The third kappa shape index (κ3) is 1.70. The summed E-state index contributed by atoms with van der Waals surface area (Å²) in [6, 6.07) is 0. The quantitative estimate of drug-likeness (QED) is 0.354. The average Bonchev–Trinajstić information content (AvgIpc) is 2.55. The van der Waals surface area contributed by atoms with E-state index < -0.39 is 79.6 Å². The lowest BCUT2D eigenvalue weighted by Crippen LogP contribution is -2.03. The van der Waals surface area contributed by atoms with Gasteiger partial charge in [0.25, 0.3) is 0 Å². The standard InChI is InChI=1S/C14H2F8O2/c15-5-1-3(13(23)11(21)9(19)7(1)17)6(16)4-2(5)8(18)10(20)12(22)14(4)24/h23-24H. The molecule has 0 aromatic heterocycles. The molecule has 0 saturated heterocycles. The van der Waals surface area contributed by atoms with Crippen molar-refractivity contribution in [3.8, 4) is 11.5 Å². The van der Waals surface area contributed by atoms with Gasteiger partial charge in [0.05, 0.1) is 21.5 Å². The first-order chi connectivity index (χ1) is 11.1. The van der Waals surface area contributed by atoms with Crippen LogP contribution in [0.1, 0.15) is 0 Å². The summed E-state index contributed by atoms with van der Waals surface area (Å²) in [6.07, 6.45) is 0. The molecule has 0 bridgehead atoms. The number of phenolic OH excluding ortho intramolecular Hbond substituents is 2. The molecular formula is C14H2F8O2. The van der Waals surface area contributed by atoms with Gasteiger partial charge < -0.3 is 10.2 Å². The van der Waals surface area contributed by atoms with Gasteiger partial charge in [0.15, 0.2) is 34.8 Å². The van der Waals surface area contributed by atoms with E-state index in [1.807, 2.05) is 0 Å². The minimum Gasteiger partial charge on any atom is -0.504 e. The predicted octanol–water partition coefficient (Wildman–Crippen LogP) is 4.52. The lowest BCUT2D eigenvalue weighted by molar-refractivity contribution is 0.388. The van der Waals surface area contributed by atoms with Crippen LogP contribution in [0.15, 0.2) is 0 Å². The molecule has 0 atom stereocenters. The fraction of sp³-hybridized carbons (Fsp3) is 0. The van der Waals surface area contributed by atoms with E-state index in [1.165, 1.54) is 0 Å². The van der Waals surface area contributed by atoms with E-state index in [2.05, 4.69) is 0 Å². The molecule has 0 unspecified atom stereocenters. The second kappa shape index (κ2) is 4.86. The van der Waals surface area contributed by atoms with Crippen molar-refractivity contribution in [3.63, 3.8) is 0 Å². The van der Waals surface area contributed by atoms with Crippen LogP contribution in [0.4, 0.5) is 35.1 Å². The molecule has 0 amide bonds. The third-order valence-electron chi connectivity index (χ3n) is 3.48. The first-order valence-electron chi connectivity index (χ1n) is 5.96. The Morgan fingerprint density at radius 1 is 0.333 bits per heavy atom. The topological polar surface area (TPSA) is 40.5 Å². The van der Waals surface area contributed by atoms with E-state index in [0.717, 1.165) is 0 Å². The Kier molecular flexibility index (Phi) is 3.26. The monoisotopic (exact) mass is 354 g/mol. The van der Waals surface area contributed by atoms with Gasteiger partial charge in [-0.2, -0.15) is 8.78 Å². The Balaban J connectivity index is 2.82. The molecule has 0 radical (unpaired) electrons. The molecule has 2 N–H and O–H groups in total. The highest BCUT2D eigenvalue weighted by Gasteiger charge is 2.32. The number of halogens is 8. The first kappa shape index (κ1) is 16.1. The first-order valence-corrected chi connectivity index (χ1v) is 5.96. The lowest BCUT2D eigenvalue weighted by Gasteiger charge is -2.13. The second-order valence-electron chi connectivity index (χ2n) is 4.71. The third-order valence-corrected chi connectivity index (χ3v) is 3.48. The molecule has 0 aliphatic carbocycles. The summed E-state index contributed by atoms with van der Waals surface area (Å²) in [7, 11) is 0. The maximum absolute atomic E-state index is 14.4. The van der Waals surface area contributed by atoms with Gasteiger partial charge in [-0.3, -0.25) is 0 Å². The minimum absolute atomic E-state index is 1.61. The number of rotatable bonds is 0. The maximum Gasteiger partial charge on any atom is 0.204 e. The van der Waals surface area contributed by atoms with Gasteiger partial charge in [0.2, 0.25) is 11.6 Å². The Hall–Kier alpha value is -2.78. The van der Waals surface area contributed by atoms with E-state index >= 15 is 0 Å². The van der Waals surface area contributed by atoms with Gasteiger partial charge >= 0.3 is 0 Å². The van der Waals surface area contributed by atoms with Crippen LogP contribution in [0.2, 0.25) is 0 Å². The number of benzene rings is 3. The van der Waals surface area contributed by atoms with Crippen molar-refractivity contribution in [1.29, 1.82) is 0 Å². The van der Waals surface area contributed by atoms with Crippen molar-refractivity contribution >= 4 is 21.5 Å². The van der Waals surface area contributed by atoms with E-state index in [9.17, 15) is 45.3 Å². The van der Waals surface area contributed by atoms with Crippen LogP contribution in [0, 0.1) is 46.5 Å². The largest absolute Gasteiger partial charge is 0.504 e. The molecule has 0 fully saturated rings. The fourth-order valence-corrected chi connectivity index (χ4v) is 2.39. The van der Waals surface area contributed by atoms with Crippen LogP contribution in [0.25, 0.3) is 21.5 Å². The van der Waals surface area contributed by atoms with Gasteiger partial charge in [-0.1, -0.05) is 0 Å². The average molecular weight is 354 g/mol. The molecule has 0 aliphatic rings. The Morgan fingerprint density at radius 2 is 0.625 bits per heavy atom. The van der Waals surface area contributed by atoms with Crippen LogP contribution < -0.4 is 0 Å². The molecule has 126 valence electrons. The summed E-state index contributed by atoms with van der Waals surface area (Å²) < 4.78 is 109. The normalized spacial score (nSPS) is 11.7. The van der Waals surface area contributed by atoms with Crippen LogP contribution in [0.5, 0.6) is 11.5 Å². The predicted molar refractivity (Wildman–Crippen MR) is 64.4 cm³/mol. The molecule has 0 aliphatic heterocycles. The molecule has 0 saturated carbocycles. The SMILES string of the molecule is Oc1c(F)c(F)c(F)c2c(F)c3c(F)c(F)c(F)c(O)c3c(F)c12. The summed E-state index contributed by atoms with van der Waals surface area (Å²) in [4.78, 5) is 0. The van der Waals surface area contributed by atoms with Crippen molar-refractivity contribution in [1.82, 2.24) is 0 Å². The Morgan fingerprint density at radius 3 is 0.958 bits per heavy atom. The van der Waals surface area contributed by atoms with E-state index in [0.29, 0.717) is 0 Å². The van der Waals surface area contributed by atoms with Crippen LogP contribution in [-0.4, -0.2) is 10.2 Å². The highest BCUT2D eigenvalue weighted by atomic mass is 19.2. The molecule has 0 heterocycles. The Bertz CT molecular complexity index is 896. The summed E-state index contributed by atoms with van der Waals surface area (Å²) in [6.45, 7) is 0. The zero-order valence-corrected chi connectivity index (χ0v) is 10.9. The summed E-state index contributed by atoms with van der Waals surface area (Å²) >= 11 is 0. The number of hydrogen-bond donors (Lipinski definition) is 2. The second-order valence-corrected chi connectivity index (χ2v) is 4.71. The molecule has 0 spiro atoms. The minimum atomic E-state index is -2.40. The highest BCUT2D eigenvalue weighted by Crippen LogP contribution is 2.44. The van der Waals surface area contributed by atoms with Gasteiger partial charge in [-0.15, -0.1) is 0 Å². The van der Waals surface area contributed by atoms with E-state index in [-0.39, 0.29) is 0 Å². The highest BCUT2D eigenvalue weighted by molar-refractivity contribution is 6.05. The van der Waals surface area contributed by atoms with E-state index in [4.69, 9.17) is 0 Å². The molecule has 24 heavy (non-hydrogen) atoms. The zero-order valence-electron chi connectivity index (χ0n) is 10.9. The zero-order chi connectivity index (χ0) is 18.1. The lowest BCUT2D eigenvalue weighted by atomic mass is 9.98. The van der Waals surface area contributed by atoms with Gasteiger partial charge in [0.1, 0.15) is 11.6 Å². The summed E-state index contributed by atoms with van der Waals surface area (Å²) in [5.74, 6) is -22.1. The number of hydrogen-bond acceptors (Lipinski definition) is 2.